The van der Waals surface area contributed by atoms with Gasteiger partial charge in [0.2, 0.25) is 9.84 Å². The van der Waals surface area contributed by atoms with Gasteiger partial charge in [0.25, 0.3) is 0 Å². The minimum atomic E-state index is -3.89. The smallest absolute Gasteiger partial charge is 0.207 e. The summed E-state index contributed by atoms with van der Waals surface area (Å²) in [5.41, 5.74) is 2.08. The van der Waals surface area contributed by atoms with Gasteiger partial charge in [-0.2, -0.15) is 0 Å². The van der Waals surface area contributed by atoms with E-state index in [1.165, 1.54) is 0 Å². The highest BCUT2D eigenvalue weighted by molar-refractivity contribution is 7.91. The van der Waals surface area contributed by atoms with Crippen LogP contribution in [0.5, 0.6) is 0 Å². The van der Waals surface area contributed by atoms with Crippen LogP contribution in [0.4, 0.5) is 0 Å². The van der Waals surface area contributed by atoms with E-state index in [1.54, 1.807) is 66.7 Å². The second-order valence-electron chi connectivity index (χ2n) is 8.52. The average molecular weight is 513 g/mol. The number of hydrogen-bond donors (Lipinski definition) is 0. The highest BCUT2D eigenvalue weighted by Crippen LogP contribution is 2.39. The quantitative estimate of drug-likeness (QED) is 0.255. The van der Waals surface area contributed by atoms with Crippen molar-refractivity contribution in [3.05, 3.63) is 127 Å². The van der Waals surface area contributed by atoms with Crippen molar-refractivity contribution in [2.75, 3.05) is 5.75 Å². The summed E-state index contributed by atoms with van der Waals surface area (Å²) in [4.78, 5) is 0.623. The van der Waals surface area contributed by atoms with Crippen molar-refractivity contribution in [2.45, 2.75) is 21.1 Å². The summed E-state index contributed by atoms with van der Waals surface area (Å²) in [6.07, 6.45) is 0.185. The van der Waals surface area contributed by atoms with Crippen molar-refractivity contribution in [1.82, 2.24) is 0 Å². The van der Waals surface area contributed by atoms with Crippen LogP contribution in [0.15, 0.2) is 136 Å². The van der Waals surface area contributed by atoms with E-state index in [2.05, 4.69) is 0 Å². The molecule has 5 rings (SSSR count). The molecule has 0 N–H and O–H groups in total. The Morgan fingerprint density at radius 1 is 0.528 bits per heavy atom. The van der Waals surface area contributed by atoms with Gasteiger partial charge in [0, 0.05) is 5.56 Å². The van der Waals surface area contributed by atoms with Crippen molar-refractivity contribution >= 4 is 30.4 Å². The number of rotatable bonds is 7. The lowest BCUT2D eigenvalue weighted by Crippen LogP contribution is -2.11. The molecule has 36 heavy (non-hydrogen) atoms. The molecular formula is C30H24O4S2. The topological polar surface area (TPSA) is 68.3 Å². The minimum Gasteiger partial charge on any atom is -0.224 e. The Balaban J connectivity index is 1.73. The van der Waals surface area contributed by atoms with Gasteiger partial charge in [0.15, 0.2) is 9.84 Å². The zero-order chi connectivity index (χ0) is 25.2. The maximum Gasteiger partial charge on any atom is 0.207 e. The van der Waals surface area contributed by atoms with Gasteiger partial charge in [-0.05, 0) is 58.7 Å². The van der Waals surface area contributed by atoms with Crippen LogP contribution in [0.3, 0.4) is 0 Å². The van der Waals surface area contributed by atoms with E-state index in [9.17, 15) is 16.8 Å². The van der Waals surface area contributed by atoms with E-state index >= 15 is 0 Å². The number of hydrogen-bond acceptors (Lipinski definition) is 4. The molecule has 0 unspecified atom stereocenters. The van der Waals surface area contributed by atoms with Crippen molar-refractivity contribution < 1.29 is 16.8 Å². The molecule has 0 bridgehead atoms. The van der Waals surface area contributed by atoms with Crippen molar-refractivity contribution in [3.63, 3.8) is 0 Å². The lowest BCUT2D eigenvalue weighted by atomic mass is 9.94. The number of aryl methyl sites for hydroxylation is 1. The van der Waals surface area contributed by atoms with E-state index in [1.807, 2.05) is 54.6 Å². The fraction of sp³-hybridized carbons (Fsp3) is 0.0667. The molecule has 0 spiro atoms. The van der Waals surface area contributed by atoms with Crippen LogP contribution in [0.25, 0.3) is 21.9 Å². The Morgan fingerprint density at radius 2 is 1.03 bits per heavy atom. The summed E-state index contributed by atoms with van der Waals surface area (Å²) < 4.78 is 53.9. The molecule has 180 valence electrons. The average Bonchev–Trinajstić information content (AvgIpc) is 2.93. The molecule has 5 aromatic rings. The summed E-state index contributed by atoms with van der Waals surface area (Å²) in [5, 5.41) is 1.61. The van der Waals surface area contributed by atoms with Crippen LogP contribution in [0.1, 0.15) is 5.56 Å². The fourth-order valence-electron chi connectivity index (χ4n) is 4.46. The maximum atomic E-state index is 13.9. The molecule has 6 heteroatoms. The fourth-order valence-corrected chi connectivity index (χ4v) is 7.32. The first-order valence-electron chi connectivity index (χ1n) is 11.6. The van der Waals surface area contributed by atoms with Crippen molar-refractivity contribution in [2.24, 2.45) is 0 Å². The first-order chi connectivity index (χ1) is 17.4. The Bertz CT molecular complexity index is 1730. The second kappa shape index (κ2) is 9.72. The number of benzene rings is 5. The van der Waals surface area contributed by atoms with Gasteiger partial charge in [0.05, 0.1) is 20.4 Å². The predicted molar refractivity (Wildman–Crippen MR) is 143 cm³/mol. The largest absolute Gasteiger partial charge is 0.224 e. The Morgan fingerprint density at radius 3 is 1.64 bits per heavy atom. The minimum absolute atomic E-state index is 0.128. The van der Waals surface area contributed by atoms with E-state index < -0.39 is 19.7 Å². The number of fused-ring (bicyclic) bond motifs is 1. The second-order valence-corrected chi connectivity index (χ2v) is 12.5. The third kappa shape index (κ3) is 4.57. The van der Waals surface area contributed by atoms with Crippen LogP contribution in [0, 0.1) is 0 Å². The Labute approximate surface area is 211 Å². The van der Waals surface area contributed by atoms with Crippen LogP contribution in [0.2, 0.25) is 0 Å². The highest BCUT2D eigenvalue weighted by Gasteiger charge is 2.26. The molecule has 0 aromatic heterocycles. The molecule has 0 radical (unpaired) electrons. The molecule has 0 heterocycles. The molecule has 0 fully saturated rings. The van der Waals surface area contributed by atoms with Crippen LogP contribution >= 0.6 is 0 Å². The third-order valence-electron chi connectivity index (χ3n) is 6.24. The lowest BCUT2D eigenvalue weighted by molar-refractivity contribution is 0.595. The Kier molecular flexibility index (Phi) is 6.48. The maximum absolute atomic E-state index is 13.9. The van der Waals surface area contributed by atoms with Gasteiger partial charge < -0.3 is 0 Å². The lowest BCUT2D eigenvalue weighted by Gasteiger charge is -2.18. The summed E-state index contributed by atoms with van der Waals surface area (Å²) >= 11 is 0. The molecule has 0 aliphatic carbocycles. The van der Waals surface area contributed by atoms with Crippen molar-refractivity contribution in [3.8, 4) is 11.1 Å². The molecule has 0 amide bonds. The van der Waals surface area contributed by atoms with Gasteiger partial charge in [-0.3, -0.25) is 0 Å². The highest BCUT2D eigenvalue weighted by atomic mass is 32.2. The van der Waals surface area contributed by atoms with Gasteiger partial charge >= 0.3 is 0 Å². The van der Waals surface area contributed by atoms with E-state index in [0.29, 0.717) is 11.1 Å². The summed E-state index contributed by atoms with van der Waals surface area (Å²) in [6, 6.07) is 35.3. The zero-order valence-electron chi connectivity index (χ0n) is 19.4. The van der Waals surface area contributed by atoms with Crippen molar-refractivity contribution in [1.29, 1.82) is 0 Å². The third-order valence-corrected chi connectivity index (χ3v) is 9.77. The molecular weight excluding hydrogens is 488 g/mol. The molecule has 5 aromatic carbocycles. The number of sulfone groups is 2. The normalized spacial score (nSPS) is 12.0. The molecule has 0 aliphatic heterocycles. The van der Waals surface area contributed by atoms with E-state index in [-0.39, 0.29) is 26.9 Å². The summed E-state index contributed by atoms with van der Waals surface area (Å²) in [6.45, 7) is 0. The summed E-state index contributed by atoms with van der Waals surface area (Å²) in [5.74, 6) is -0.128. The van der Waals surface area contributed by atoms with E-state index in [0.717, 1.165) is 16.3 Å². The molecule has 0 aliphatic rings. The van der Waals surface area contributed by atoms with Crippen LogP contribution < -0.4 is 0 Å². The SMILES string of the molecule is O=S(=O)(CCc1cc(S(=O)(=O)c2ccccc2)c(-c2ccccc2)c2ccccc12)c1ccccc1. The predicted octanol–water partition coefficient (Wildman–Crippen LogP) is 6.36. The first-order valence-corrected chi connectivity index (χ1v) is 14.7. The van der Waals surface area contributed by atoms with Crippen LogP contribution in [-0.4, -0.2) is 22.6 Å². The molecule has 4 nitrogen and oxygen atoms in total. The van der Waals surface area contributed by atoms with Gasteiger partial charge in [0.1, 0.15) is 0 Å². The van der Waals surface area contributed by atoms with Gasteiger partial charge in [-0.25, -0.2) is 16.8 Å². The van der Waals surface area contributed by atoms with E-state index in [4.69, 9.17) is 0 Å². The monoisotopic (exact) mass is 512 g/mol. The molecule has 0 atom stereocenters. The molecule has 0 saturated heterocycles. The first kappa shape index (κ1) is 24.0. The molecule has 0 saturated carbocycles. The Hall–Kier alpha value is -3.74. The van der Waals surface area contributed by atoms with Crippen LogP contribution in [-0.2, 0) is 26.1 Å². The van der Waals surface area contributed by atoms with Gasteiger partial charge in [-0.15, -0.1) is 0 Å². The zero-order valence-corrected chi connectivity index (χ0v) is 21.0. The van der Waals surface area contributed by atoms with Gasteiger partial charge in [-0.1, -0.05) is 91.0 Å². The standard InChI is InChI=1S/C30H24O4S2/c31-35(32,25-14-6-2-7-15-25)21-20-24-22-29(36(33,34)26-16-8-3-9-17-26)30(23-12-4-1-5-13-23)28-19-11-10-18-27(24)28/h1-19,22H,20-21H2. The summed E-state index contributed by atoms with van der Waals surface area (Å²) in [7, 11) is -7.43.